The van der Waals surface area contributed by atoms with E-state index in [1.54, 1.807) is 33.1 Å². The molecule has 0 spiro atoms. The fraction of sp³-hybridized carbons (Fsp3) is 0.500. The first kappa shape index (κ1) is 15.4. The molecule has 1 aromatic rings. The lowest BCUT2D eigenvalue weighted by Gasteiger charge is -2.29. The van der Waals surface area contributed by atoms with Crippen molar-refractivity contribution in [3.8, 4) is 0 Å². The van der Waals surface area contributed by atoms with Gasteiger partial charge >= 0.3 is 5.97 Å². The fourth-order valence-corrected chi connectivity index (χ4v) is 1.66. The minimum absolute atomic E-state index is 0.312. The third kappa shape index (κ3) is 4.52. The number of benzene rings is 1. The summed E-state index contributed by atoms with van der Waals surface area (Å²) in [6.45, 7) is 4.23. The quantitative estimate of drug-likeness (QED) is 0.773. The van der Waals surface area contributed by atoms with Crippen molar-refractivity contribution in [1.29, 1.82) is 0 Å². The third-order valence-electron chi connectivity index (χ3n) is 2.80. The molecule has 1 unspecified atom stereocenters. The average molecular weight is 269 g/mol. The fourth-order valence-electron chi connectivity index (χ4n) is 1.66. The number of hydrogen-bond donors (Lipinski definition) is 1. The zero-order valence-electron chi connectivity index (χ0n) is 11.5. The molecule has 0 fully saturated rings. The molecule has 0 bridgehead atoms. The second-order valence-electron chi connectivity index (χ2n) is 4.43. The Morgan fingerprint density at radius 1 is 1.37 bits per heavy atom. The molecule has 0 aromatic heterocycles. The Morgan fingerprint density at radius 3 is 2.53 bits per heavy atom. The number of nitrogens with one attached hydrogen (secondary N) is 1. The van der Waals surface area contributed by atoms with Crippen molar-refractivity contribution in [2.75, 3.05) is 25.6 Å². The molecule has 1 N–H and O–H groups in total. The van der Waals surface area contributed by atoms with Gasteiger partial charge in [-0.25, -0.2) is 9.18 Å². The highest BCUT2D eigenvalue weighted by Crippen LogP contribution is 2.21. The maximum Gasteiger partial charge on any atom is 0.331 e. The summed E-state index contributed by atoms with van der Waals surface area (Å²) in [7, 11) is 1.57. The van der Waals surface area contributed by atoms with Gasteiger partial charge in [0.25, 0.3) is 0 Å². The second kappa shape index (κ2) is 7.09. The van der Waals surface area contributed by atoms with E-state index in [1.807, 2.05) is 0 Å². The molecule has 106 valence electrons. The van der Waals surface area contributed by atoms with Crippen LogP contribution in [0.4, 0.5) is 10.1 Å². The van der Waals surface area contributed by atoms with E-state index in [4.69, 9.17) is 9.47 Å². The van der Waals surface area contributed by atoms with Crippen molar-refractivity contribution in [2.45, 2.75) is 25.8 Å². The minimum Gasteiger partial charge on any atom is -0.464 e. The number of hydrogen-bond acceptors (Lipinski definition) is 4. The Labute approximate surface area is 112 Å². The van der Waals surface area contributed by atoms with Gasteiger partial charge in [-0.2, -0.15) is 0 Å². The lowest BCUT2D eigenvalue weighted by molar-refractivity contribution is -0.148. The van der Waals surface area contributed by atoms with Crippen LogP contribution in [0.5, 0.6) is 0 Å². The largest absolute Gasteiger partial charge is 0.464 e. The Hall–Kier alpha value is -1.62. The summed E-state index contributed by atoms with van der Waals surface area (Å²) in [6, 6.07) is 5.84. The molecule has 0 amide bonds. The molecule has 0 radical (unpaired) electrons. The SMILES string of the molecule is CCOC(=O)C(C)(CCOC)Nc1ccc(F)cc1. The maximum absolute atomic E-state index is 12.9. The number of carbonyl (C=O) groups excluding carboxylic acids is 1. The van der Waals surface area contributed by atoms with Crippen molar-refractivity contribution in [2.24, 2.45) is 0 Å². The van der Waals surface area contributed by atoms with Crippen LogP contribution >= 0.6 is 0 Å². The van der Waals surface area contributed by atoms with Crippen LogP contribution in [0, 0.1) is 5.82 Å². The van der Waals surface area contributed by atoms with Gasteiger partial charge in [0.2, 0.25) is 0 Å². The number of rotatable bonds is 7. The van der Waals surface area contributed by atoms with E-state index in [-0.39, 0.29) is 11.8 Å². The summed E-state index contributed by atoms with van der Waals surface area (Å²) >= 11 is 0. The van der Waals surface area contributed by atoms with Crippen LogP contribution in [-0.4, -0.2) is 31.8 Å². The van der Waals surface area contributed by atoms with Crippen LogP contribution in [0.2, 0.25) is 0 Å². The maximum atomic E-state index is 12.9. The van der Waals surface area contributed by atoms with E-state index in [9.17, 15) is 9.18 Å². The van der Waals surface area contributed by atoms with Crippen LogP contribution in [0.1, 0.15) is 20.3 Å². The first-order valence-corrected chi connectivity index (χ1v) is 6.21. The van der Waals surface area contributed by atoms with Crippen molar-refractivity contribution in [1.82, 2.24) is 0 Å². The molecule has 0 aliphatic heterocycles. The molecule has 19 heavy (non-hydrogen) atoms. The summed E-state index contributed by atoms with van der Waals surface area (Å²) in [5.74, 6) is -0.670. The average Bonchev–Trinajstić information content (AvgIpc) is 2.39. The van der Waals surface area contributed by atoms with Gasteiger partial charge in [-0.1, -0.05) is 0 Å². The van der Waals surface area contributed by atoms with Crippen LogP contribution < -0.4 is 5.32 Å². The Kier molecular flexibility index (Phi) is 5.76. The number of esters is 1. The minimum atomic E-state index is -0.899. The smallest absolute Gasteiger partial charge is 0.331 e. The van der Waals surface area contributed by atoms with Gasteiger partial charge in [0, 0.05) is 25.8 Å². The predicted octanol–water partition coefficient (Wildman–Crippen LogP) is 2.60. The van der Waals surface area contributed by atoms with E-state index in [2.05, 4.69) is 5.32 Å². The molecule has 1 atom stereocenters. The van der Waals surface area contributed by atoms with E-state index < -0.39 is 5.54 Å². The third-order valence-corrected chi connectivity index (χ3v) is 2.80. The summed E-state index contributed by atoms with van der Waals surface area (Å²) in [6.07, 6.45) is 0.458. The number of methoxy groups -OCH3 is 1. The van der Waals surface area contributed by atoms with E-state index >= 15 is 0 Å². The van der Waals surface area contributed by atoms with Crippen molar-refractivity contribution < 1.29 is 18.7 Å². The van der Waals surface area contributed by atoms with Gasteiger partial charge in [-0.3, -0.25) is 0 Å². The van der Waals surface area contributed by atoms with Crippen molar-refractivity contribution in [3.05, 3.63) is 30.1 Å². The van der Waals surface area contributed by atoms with Crippen molar-refractivity contribution in [3.63, 3.8) is 0 Å². The van der Waals surface area contributed by atoms with Crippen LogP contribution in [0.3, 0.4) is 0 Å². The lowest BCUT2D eigenvalue weighted by atomic mass is 9.97. The first-order valence-electron chi connectivity index (χ1n) is 6.21. The first-order chi connectivity index (χ1) is 9.01. The Balaban J connectivity index is 2.83. The zero-order valence-corrected chi connectivity index (χ0v) is 11.5. The molecule has 5 heteroatoms. The molecule has 0 aliphatic rings. The standard InChI is InChI=1S/C14H20FNO3/c1-4-19-13(17)14(2,9-10-18-3)16-12-7-5-11(15)6-8-12/h5-8,16H,4,9-10H2,1-3H3. The van der Waals surface area contributed by atoms with Gasteiger partial charge in [-0.05, 0) is 38.1 Å². The number of halogens is 1. The van der Waals surface area contributed by atoms with E-state index in [0.29, 0.717) is 25.3 Å². The van der Waals surface area contributed by atoms with Gasteiger partial charge < -0.3 is 14.8 Å². The van der Waals surface area contributed by atoms with Crippen LogP contribution in [0.25, 0.3) is 0 Å². The van der Waals surface area contributed by atoms with Gasteiger partial charge in [0.1, 0.15) is 11.4 Å². The number of carbonyl (C=O) groups is 1. The predicted molar refractivity (Wildman–Crippen MR) is 71.6 cm³/mol. The molecular formula is C14H20FNO3. The van der Waals surface area contributed by atoms with Crippen LogP contribution in [0.15, 0.2) is 24.3 Å². The second-order valence-corrected chi connectivity index (χ2v) is 4.43. The number of anilines is 1. The highest BCUT2D eigenvalue weighted by Gasteiger charge is 2.34. The molecule has 4 nitrogen and oxygen atoms in total. The highest BCUT2D eigenvalue weighted by atomic mass is 19.1. The molecule has 0 heterocycles. The molecular weight excluding hydrogens is 249 g/mol. The molecule has 0 saturated heterocycles. The lowest BCUT2D eigenvalue weighted by Crippen LogP contribution is -2.45. The van der Waals surface area contributed by atoms with Crippen molar-refractivity contribution >= 4 is 11.7 Å². The summed E-state index contributed by atoms with van der Waals surface area (Å²) < 4.78 is 22.9. The summed E-state index contributed by atoms with van der Waals surface area (Å²) in [4.78, 5) is 12.0. The summed E-state index contributed by atoms with van der Waals surface area (Å²) in [5.41, 5.74) is -0.239. The van der Waals surface area contributed by atoms with Gasteiger partial charge in [-0.15, -0.1) is 0 Å². The Bertz CT molecular complexity index is 408. The normalized spacial score (nSPS) is 13.7. The van der Waals surface area contributed by atoms with Gasteiger partial charge in [0.05, 0.1) is 6.61 Å². The van der Waals surface area contributed by atoms with E-state index in [0.717, 1.165) is 0 Å². The van der Waals surface area contributed by atoms with E-state index in [1.165, 1.54) is 12.1 Å². The Morgan fingerprint density at radius 2 is 2.00 bits per heavy atom. The highest BCUT2D eigenvalue weighted by molar-refractivity contribution is 5.84. The number of ether oxygens (including phenoxy) is 2. The molecule has 0 aliphatic carbocycles. The summed E-state index contributed by atoms with van der Waals surface area (Å²) in [5, 5.41) is 3.08. The topological polar surface area (TPSA) is 47.6 Å². The zero-order chi connectivity index (χ0) is 14.3. The van der Waals surface area contributed by atoms with Gasteiger partial charge in [0.15, 0.2) is 0 Å². The molecule has 1 aromatic carbocycles. The molecule has 1 rings (SSSR count). The monoisotopic (exact) mass is 269 g/mol. The molecule has 0 saturated carbocycles. The van der Waals surface area contributed by atoms with Crippen LogP contribution in [-0.2, 0) is 14.3 Å².